The molecule has 49 heavy (non-hydrogen) atoms. The largest absolute Gasteiger partial charge is 0.352 e. The van der Waals surface area contributed by atoms with Crippen molar-refractivity contribution in [2.45, 2.75) is 62.0 Å². The Hall–Kier alpha value is -4.45. The number of benzene rings is 4. The Morgan fingerprint density at radius 3 is 2.10 bits per heavy atom. The second-order valence-corrected chi connectivity index (χ2v) is 14.5. The zero-order valence-corrected chi connectivity index (χ0v) is 28.9. The minimum atomic E-state index is -4.43. The average Bonchev–Trinajstić information content (AvgIpc) is 3.11. The molecule has 5 rings (SSSR count). The lowest BCUT2D eigenvalue weighted by molar-refractivity contribution is -0.384. The van der Waals surface area contributed by atoms with Gasteiger partial charge in [0.15, 0.2) is 0 Å². The molecule has 1 aliphatic rings. The number of non-ortho nitro benzene ring substituents is 1. The summed E-state index contributed by atoms with van der Waals surface area (Å²) in [6.07, 6.45) is 4.77. The first-order chi connectivity index (χ1) is 23.5. The van der Waals surface area contributed by atoms with Gasteiger partial charge in [-0.1, -0.05) is 103 Å². The number of sulfonamides is 1. The first-order valence-electron chi connectivity index (χ1n) is 15.9. The van der Waals surface area contributed by atoms with Crippen LogP contribution in [0.2, 0.25) is 10.0 Å². The van der Waals surface area contributed by atoms with Crippen molar-refractivity contribution < 1.29 is 22.9 Å². The van der Waals surface area contributed by atoms with Crippen LogP contribution in [0.3, 0.4) is 0 Å². The molecule has 0 bridgehead atoms. The molecule has 0 spiro atoms. The van der Waals surface area contributed by atoms with Gasteiger partial charge in [-0.2, -0.15) is 0 Å². The highest BCUT2D eigenvalue weighted by Gasteiger charge is 2.36. The summed E-state index contributed by atoms with van der Waals surface area (Å²) in [5.41, 5.74) is 0.720. The third kappa shape index (κ3) is 8.97. The average molecular weight is 724 g/mol. The van der Waals surface area contributed by atoms with Gasteiger partial charge in [0.25, 0.3) is 15.7 Å². The van der Waals surface area contributed by atoms with Gasteiger partial charge in [0.2, 0.25) is 11.8 Å². The van der Waals surface area contributed by atoms with Crippen LogP contribution in [0.25, 0.3) is 0 Å². The smallest absolute Gasteiger partial charge is 0.271 e. The second kappa shape index (κ2) is 16.3. The van der Waals surface area contributed by atoms with Crippen LogP contribution in [0.4, 0.5) is 11.4 Å². The maximum absolute atomic E-state index is 14.7. The van der Waals surface area contributed by atoms with Crippen LogP contribution in [0.15, 0.2) is 108 Å². The van der Waals surface area contributed by atoms with Gasteiger partial charge in [-0.25, -0.2) is 8.42 Å². The first-order valence-corrected chi connectivity index (χ1v) is 18.1. The van der Waals surface area contributed by atoms with Crippen LogP contribution >= 0.6 is 23.2 Å². The Kier molecular flexibility index (Phi) is 11.9. The predicted molar refractivity (Wildman–Crippen MR) is 190 cm³/mol. The maximum Gasteiger partial charge on any atom is 0.271 e. The van der Waals surface area contributed by atoms with E-state index in [0.29, 0.717) is 5.56 Å². The topological polar surface area (TPSA) is 130 Å². The molecule has 1 fully saturated rings. The minimum Gasteiger partial charge on any atom is -0.352 e. The zero-order chi connectivity index (χ0) is 35.0. The molecule has 1 aliphatic carbocycles. The fourth-order valence-corrected chi connectivity index (χ4v) is 7.91. The van der Waals surface area contributed by atoms with Crippen LogP contribution in [-0.2, 0) is 32.6 Å². The van der Waals surface area contributed by atoms with E-state index in [1.807, 2.05) is 30.3 Å². The fraction of sp³-hybridized carbons (Fsp3) is 0.278. The third-order valence-electron chi connectivity index (χ3n) is 8.55. The maximum atomic E-state index is 14.7. The monoisotopic (exact) mass is 722 g/mol. The molecule has 256 valence electrons. The van der Waals surface area contributed by atoms with Crippen molar-refractivity contribution in [2.24, 2.45) is 0 Å². The summed E-state index contributed by atoms with van der Waals surface area (Å²) in [7, 11) is -4.43. The van der Waals surface area contributed by atoms with Crippen molar-refractivity contribution in [1.29, 1.82) is 0 Å². The number of hydrogen-bond acceptors (Lipinski definition) is 6. The number of hydrogen-bond donors (Lipinski definition) is 1. The lowest BCUT2D eigenvalue weighted by Crippen LogP contribution is -2.55. The van der Waals surface area contributed by atoms with Gasteiger partial charge in [-0.3, -0.25) is 24.0 Å². The molecule has 0 radical (unpaired) electrons. The van der Waals surface area contributed by atoms with Crippen LogP contribution < -0.4 is 9.62 Å². The van der Waals surface area contributed by atoms with Crippen molar-refractivity contribution in [2.75, 3.05) is 10.8 Å². The van der Waals surface area contributed by atoms with E-state index in [1.54, 1.807) is 24.3 Å². The van der Waals surface area contributed by atoms with Crippen LogP contribution in [0.5, 0.6) is 0 Å². The summed E-state index contributed by atoms with van der Waals surface area (Å²) in [5.74, 6) is -1.12. The number of nitrogens with one attached hydrogen (secondary N) is 1. The van der Waals surface area contributed by atoms with Crippen molar-refractivity contribution >= 4 is 56.4 Å². The quantitative estimate of drug-likeness (QED) is 0.115. The van der Waals surface area contributed by atoms with E-state index in [4.69, 9.17) is 23.2 Å². The highest BCUT2D eigenvalue weighted by Crippen LogP contribution is 2.30. The van der Waals surface area contributed by atoms with E-state index >= 15 is 0 Å². The van der Waals surface area contributed by atoms with Gasteiger partial charge in [0.1, 0.15) is 12.6 Å². The zero-order valence-electron chi connectivity index (χ0n) is 26.6. The third-order valence-corrected chi connectivity index (χ3v) is 11.0. The molecule has 0 aliphatic heterocycles. The van der Waals surface area contributed by atoms with Crippen molar-refractivity contribution in [3.8, 4) is 0 Å². The van der Waals surface area contributed by atoms with Gasteiger partial charge in [-0.05, 0) is 48.7 Å². The van der Waals surface area contributed by atoms with E-state index < -0.39 is 33.4 Å². The molecule has 0 heterocycles. The molecule has 4 aromatic rings. The number of carbonyl (C=O) groups is 2. The molecule has 0 saturated heterocycles. The fourth-order valence-electron chi connectivity index (χ4n) is 5.96. The standard InChI is InChI=1S/C36H36Cl2N4O6S/c37-32-20-11-21-33(38)31(32)24-40(34(22-26-12-4-1-5-13-26)36(44)39-27-14-6-2-7-15-27)35(43)25-41(28-16-10-17-29(23-28)42(45)46)49(47,48)30-18-8-3-9-19-30/h1,3-5,8-13,16-21,23,27,34H,2,6-7,14-15,22,24-25H2,(H,39,44)/t34-/m0/s1. The molecule has 4 aromatic carbocycles. The Morgan fingerprint density at radius 1 is 0.857 bits per heavy atom. The molecular weight excluding hydrogens is 687 g/mol. The molecule has 1 N–H and O–H groups in total. The van der Waals surface area contributed by atoms with Gasteiger partial charge >= 0.3 is 0 Å². The van der Waals surface area contributed by atoms with Gasteiger partial charge in [0.05, 0.1) is 15.5 Å². The number of nitro groups is 1. The molecular formula is C36H36Cl2N4O6S. The predicted octanol–water partition coefficient (Wildman–Crippen LogP) is 7.19. The summed E-state index contributed by atoms with van der Waals surface area (Å²) >= 11 is 13.2. The Labute approximate surface area is 295 Å². The Morgan fingerprint density at radius 2 is 1.47 bits per heavy atom. The van der Waals surface area contributed by atoms with E-state index in [-0.39, 0.29) is 51.2 Å². The molecule has 2 amide bonds. The van der Waals surface area contributed by atoms with E-state index in [1.165, 1.54) is 47.4 Å². The Balaban J connectivity index is 1.61. The number of halogens is 2. The number of nitrogens with zero attached hydrogens (tertiary/aromatic N) is 3. The summed E-state index contributed by atoms with van der Waals surface area (Å²) in [6.45, 7) is -0.983. The molecule has 13 heteroatoms. The normalized spacial score (nSPS) is 14.1. The summed E-state index contributed by atoms with van der Waals surface area (Å²) in [6, 6.07) is 25.5. The van der Waals surface area contributed by atoms with Crippen molar-refractivity contribution in [3.63, 3.8) is 0 Å². The van der Waals surface area contributed by atoms with Crippen molar-refractivity contribution in [1.82, 2.24) is 10.2 Å². The molecule has 1 saturated carbocycles. The minimum absolute atomic E-state index is 0.0693. The highest BCUT2D eigenvalue weighted by molar-refractivity contribution is 7.92. The molecule has 1 atom stereocenters. The van der Waals surface area contributed by atoms with Crippen molar-refractivity contribution in [3.05, 3.63) is 134 Å². The lowest BCUT2D eigenvalue weighted by atomic mass is 9.94. The molecule has 10 nitrogen and oxygen atoms in total. The van der Waals surface area contributed by atoms with E-state index in [0.717, 1.165) is 48.0 Å². The summed E-state index contributed by atoms with van der Waals surface area (Å²) in [4.78, 5) is 41.2. The summed E-state index contributed by atoms with van der Waals surface area (Å²) in [5, 5.41) is 15.4. The number of anilines is 1. The second-order valence-electron chi connectivity index (χ2n) is 11.9. The van der Waals surface area contributed by atoms with Gasteiger partial charge < -0.3 is 10.2 Å². The van der Waals surface area contributed by atoms with Crippen LogP contribution in [0.1, 0.15) is 43.2 Å². The highest BCUT2D eigenvalue weighted by atomic mass is 35.5. The molecule has 0 unspecified atom stereocenters. The number of amides is 2. The van der Waals surface area contributed by atoms with E-state index in [9.17, 15) is 28.1 Å². The Bertz CT molecular complexity index is 1870. The first kappa shape index (κ1) is 35.8. The number of nitro benzene ring substituents is 1. The molecule has 0 aromatic heterocycles. The summed E-state index contributed by atoms with van der Waals surface area (Å²) < 4.78 is 29.2. The van der Waals surface area contributed by atoms with Gasteiger partial charge in [-0.15, -0.1) is 0 Å². The lowest BCUT2D eigenvalue weighted by Gasteiger charge is -2.35. The SMILES string of the molecule is O=C(NC1CCCCC1)[C@H](Cc1ccccc1)N(Cc1c(Cl)cccc1Cl)C(=O)CN(c1cccc([N+](=O)[O-])c1)S(=O)(=O)c1ccccc1. The van der Waals surface area contributed by atoms with Gasteiger partial charge in [0, 0.05) is 46.7 Å². The number of carbonyl (C=O) groups excluding carboxylic acids is 2. The van der Waals surface area contributed by atoms with E-state index in [2.05, 4.69) is 5.32 Å². The number of rotatable bonds is 13. The van der Waals surface area contributed by atoms with Crippen LogP contribution in [0, 0.1) is 10.1 Å². The van der Waals surface area contributed by atoms with Crippen LogP contribution in [-0.4, -0.2) is 48.7 Å².